The summed E-state index contributed by atoms with van der Waals surface area (Å²) in [5.41, 5.74) is 2.50. The zero-order valence-corrected chi connectivity index (χ0v) is 15.3. The summed E-state index contributed by atoms with van der Waals surface area (Å²) in [7, 11) is 0. The number of aromatic nitrogens is 1. The standard InChI is InChI=1S/C19H18ClN3OS/c1-2-12-23(18(24)21-16-11-7-6-10-15(16)20)19-22-17(13-25-19)14-8-4-3-5-9-14/h3-11,13H,2,12H2,1H3,(H,21,24). The van der Waals surface area contributed by atoms with E-state index in [-0.39, 0.29) is 6.03 Å². The van der Waals surface area contributed by atoms with Crippen molar-refractivity contribution in [2.75, 3.05) is 16.8 Å². The third kappa shape index (κ3) is 4.18. The van der Waals surface area contributed by atoms with E-state index in [4.69, 9.17) is 11.6 Å². The smallest absolute Gasteiger partial charge is 0.306 e. The molecule has 0 unspecified atom stereocenters. The van der Waals surface area contributed by atoms with Crippen LogP contribution in [0.3, 0.4) is 0 Å². The number of nitrogens with one attached hydrogen (secondary N) is 1. The van der Waals surface area contributed by atoms with Gasteiger partial charge in [-0.3, -0.25) is 4.90 Å². The lowest BCUT2D eigenvalue weighted by molar-refractivity contribution is 0.257. The fraction of sp³-hybridized carbons (Fsp3) is 0.158. The van der Waals surface area contributed by atoms with Gasteiger partial charge in [-0.1, -0.05) is 61.0 Å². The highest BCUT2D eigenvalue weighted by Crippen LogP contribution is 2.28. The van der Waals surface area contributed by atoms with Crippen molar-refractivity contribution in [1.82, 2.24) is 4.98 Å². The Morgan fingerprint density at radius 1 is 1.16 bits per heavy atom. The number of carbonyl (C=O) groups excluding carboxylic acids is 1. The number of para-hydroxylation sites is 1. The van der Waals surface area contributed by atoms with Crippen molar-refractivity contribution in [1.29, 1.82) is 0 Å². The zero-order chi connectivity index (χ0) is 17.6. The molecule has 3 rings (SSSR count). The highest BCUT2D eigenvalue weighted by atomic mass is 35.5. The van der Waals surface area contributed by atoms with Crippen LogP contribution in [0.4, 0.5) is 15.6 Å². The van der Waals surface area contributed by atoms with Crippen LogP contribution in [0.1, 0.15) is 13.3 Å². The summed E-state index contributed by atoms with van der Waals surface area (Å²) in [4.78, 5) is 19.0. The second-order valence-electron chi connectivity index (χ2n) is 5.44. The molecule has 0 saturated heterocycles. The van der Waals surface area contributed by atoms with Gasteiger partial charge < -0.3 is 5.32 Å². The number of benzene rings is 2. The van der Waals surface area contributed by atoms with Gasteiger partial charge >= 0.3 is 6.03 Å². The maximum Gasteiger partial charge on any atom is 0.328 e. The van der Waals surface area contributed by atoms with E-state index < -0.39 is 0 Å². The molecule has 3 aromatic rings. The number of rotatable bonds is 5. The highest BCUT2D eigenvalue weighted by Gasteiger charge is 2.19. The first kappa shape index (κ1) is 17.5. The number of nitrogens with zero attached hydrogens (tertiary/aromatic N) is 2. The lowest BCUT2D eigenvalue weighted by Crippen LogP contribution is -2.35. The molecule has 2 aromatic carbocycles. The first-order valence-electron chi connectivity index (χ1n) is 8.03. The van der Waals surface area contributed by atoms with E-state index >= 15 is 0 Å². The lowest BCUT2D eigenvalue weighted by atomic mass is 10.2. The molecule has 1 aromatic heterocycles. The van der Waals surface area contributed by atoms with E-state index in [0.29, 0.717) is 22.4 Å². The average Bonchev–Trinajstić information content (AvgIpc) is 3.12. The Bertz CT molecular complexity index is 851. The van der Waals surface area contributed by atoms with Crippen molar-refractivity contribution >= 4 is 39.8 Å². The Morgan fingerprint density at radius 2 is 1.88 bits per heavy atom. The number of thiazole rings is 1. The molecule has 0 spiro atoms. The number of urea groups is 1. The van der Waals surface area contributed by atoms with Crippen LogP contribution in [0.25, 0.3) is 11.3 Å². The molecular formula is C19H18ClN3OS. The molecule has 25 heavy (non-hydrogen) atoms. The number of halogens is 1. The molecule has 0 atom stereocenters. The normalized spacial score (nSPS) is 10.5. The first-order valence-corrected chi connectivity index (χ1v) is 9.29. The van der Waals surface area contributed by atoms with Crippen LogP contribution >= 0.6 is 22.9 Å². The summed E-state index contributed by atoms with van der Waals surface area (Å²) < 4.78 is 0. The van der Waals surface area contributed by atoms with Gasteiger partial charge in [-0.05, 0) is 18.6 Å². The highest BCUT2D eigenvalue weighted by molar-refractivity contribution is 7.14. The largest absolute Gasteiger partial charge is 0.328 e. The fourth-order valence-electron chi connectivity index (χ4n) is 2.38. The summed E-state index contributed by atoms with van der Waals surface area (Å²) in [5.74, 6) is 0. The molecule has 1 heterocycles. The summed E-state index contributed by atoms with van der Waals surface area (Å²) in [6.07, 6.45) is 0.830. The van der Waals surface area contributed by atoms with Gasteiger partial charge in [0.05, 0.1) is 16.4 Å². The number of anilines is 2. The maximum absolute atomic E-state index is 12.7. The van der Waals surface area contributed by atoms with Gasteiger partial charge in [-0.15, -0.1) is 11.3 Å². The van der Waals surface area contributed by atoms with Gasteiger partial charge in [0.1, 0.15) is 0 Å². The molecule has 4 nitrogen and oxygen atoms in total. The van der Waals surface area contributed by atoms with Crippen molar-refractivity contribution < 1.29 is 4.79 Å². The SMILES string of the molecule is CCCN(C(=O)Nc1ccccc1Cl)c1nc(-c2ccccc2)cs1. The Hall–Kier alpha value is -2.37. The molecule has 0 aliphatic carbocycles. The average molecular weight is 372 g/mol. The monoisotopic (exact) mass is 371 g/mol. The van der Waals surface area contributed by atoms with Crippen molar-refractivity contribution in [3.8, 4) is 11.3 Å². The molecule has 128 valence electrons. The molecule has 0 aliphatic heterocycles. The quantitative estimate of drug-likeness (QED) is 0.605. The van der Waals surface area contributed by atoms with Gasteiger partial charge in [-0.2, -0.15) is 0 Å². The van der Waals surface area contributed by atoms with E-state index in [1.165, 1.54) is 11.3 Å². The van der Waals surface area contributed by atoms with E-state index in [0.717, 1.165) is 17.7 Å². The second-order valence-corrected chi connectivity index (χ2v) is 6.69. The topological polar surface area (TPSA) is 45.2 Å². The van der Waals surface area contributed by atoms with Crippen LogP contribution in [0.2, 0.25) is 5.02 Å². The van der Waals surface area contributed by atoms with Crippen LogP contribution in [-0.2, 0) is 0 Å². The maximum atomic E-state index is 12.7. The molecule has 0 aliphatic rings. The number of carbonyl (C=O) groups is 1. The fourth-order valence-corrected chi connectivity index (χ4v) is 3.42. The molecule has 0 fully saturated rings. The number of amides is 2. The van der Waals surface area contributed by atoms with Crippen molar-refractivity contribution in [3.05, 3.63) is 65.0 Å². The minimum absolute atomic E-state index is 0.232. The summed E-state index contributed by atoms with van der Waals surface area (Å²) in [6, 6.07) is 16.9. The van der Waals surface area contributed by atoms with Crippen LogP contribution in [0.15, 0.2) is 60.0 Å². The Kier molecular flexibility index (Phi) is 5.68. The van der Waals surface area contributed by atoms with Crippen molar-refractivity contribution in [2.24, 2.45) is 0 Å². The van der Waals surface area contributed by atoms with Gasteiger partial charge in [0.15, 0.2) is 5.13 Å². The molecule has 0 bridgehead atoms. The van der Waals surface area contributed by atoms with E-state index in [1.54, 1.807) is 17.0 Å². The second kappa shape index (κ2) is 8.14. The third-order valence-corrected chi connectivity index (χ3v) is 4.79. The van der Waals surface area contributed by atoms with Gasteiger partial charge in [0.25, 0.3) is 0 Å². The van der Waals surface area contributed by atoms with Gasteiger partial charge in [0, 0.05) is 17.5 Å². The molecule has 0 radical (unpaired) electrons. The predicted octanol–water partition coefficient (Wildman–Crippen LogP) is 5.91. The zero-order valence-electron chi connectivity index (χ0n) is 13.8. The minimum Gasteiger partial charge on any atom is -0.306 e. The molecule has 6 heteroatoms. The van der Waals surface area contributed by atoms with Crippen molar-refractivity contribution in [2.45, 2.75) is 13.3 Å². The molecule has 0 saturated carbocycles. The molecule has 2 amide bonds. The minimum atomic E-state index is -0.232. The van der Waals surface area contributed by atoms with Crippen molar-refractivity contribution in [3.63, 3.8) is 0 Å². The van der Waals surface area contributed by atoms with Crippen LogP contribution < -0.4 is 10.2 Å². The Morgan fingerprint density at radius 3 is 2.60 bits per heavy atom. The summed E-state index contributed by atoms with van der Waals surface area (Å²) in [5, 5.41) is 6.01. The van der Waals surface area contributed by atoms with Crippen LogP contribution in [-0.4, -0.2) is 17.6 Å². The molecular weight excluding hydrogens is 354 g/mol. The van der Waals surface area contributed by atoms with E-state index in [2.05, 4.69) is 10.3 Å². The Balaban J connectivity index is 1.82. The van der Waals surface area contributed by atoms with Gasteiger partial charge in [0.2, 0.25) is 0 Å². The number of hydrogen-bond donors (Lipinski definition) is 1. The summed E-state index contributed by atoms with van der Waals surface area (Å²) >= 11 is 7.59. The predicted molar refractivity (Wildman–Crippen MR) is 106 cm³/mol. The first-order chi connectivity index (χ1) is 12.2. The van der Waals surface area contributed by atoms with E-state index in [1.807, 2.05) is 54.8 Å². The van der Waals surface area contributed by atoms with Crippen LogP contribution in [0.5, 0.6) is 0 Å². The lowest BCUT2D eigenvalue weighted by Gasteiger charge is -2.20. The molecule has 1 N–H and O–H groups in total. The summed E-state index contributed by atoms with van der Waals surface area (Å²) in [6.45, 7) is 2.61. The number of hydrogen-bond acceptors (Lipinski definition) is 3. The van der Waals surface area contributed by atoms with Crippen LogP contribution in [0, 0.1) is 0 Å². The Labute approximate surface area is 156 Å². The van der Waals surface area contributed by atoms with Gasteiger partial charge in [-0.25, -0.2) is 9.78 Å². The third-order valence-electron chi connectivity index (χ3n) is 3.60. The van der Waals surface area contributed by atoms with E-state index in [9.17, 15) is 4.79 Å².